The van der Waals surface area contributed by atoms with Crippen LogP contribution in [-0.2, 0) is 6.61 Å². The molecule has 6 heteroatoms. The number of aromatic nitrogens is 3. The predicted octanol–water partition coefficient (Wildman–Crippen LogP) is 2.67. The molecule has 0 unspecified atom stereocenters. The van der Waals surface area contributed by atoms with Crippen molar-refractivity contribution < 1.29 is 9.84 Å². The zero-order valence-corrected chi connectivity index (χ0v) is 10.6. The van der Waals surface area contributed by atoms with E-state index in [1.807, 2.05) is 12.1 Å². The normalized spacial score (nSPS) is 10.8. The van der Waals surface area contributed by atoms with Gasteiger partial charge in [-0.3, -0.25) is 4.40 Å². The highest BCUT2D eigenvalue weighted by molar-refractivity contribution is 6.29. The van der Waals surface area contributed by atoms with Gasteiger partial charge >= 0.3 is 0 Å². The lowest BCUT2D eigenvalue weighted by molar-refractivity contribution is 0.294. The van der Waals surface area contributed by atoms with Gasteiger partial charge in [-0.1, -0.05) is 17.7 Å². The molecular weight excluding hydrogens is 266 g/mol. The van der Waals surface area contributed by atoms with E-state index >= 15 is 0 Å². The molecule has 1 aromatic carbocycles. The molecule has 1 N–H and O–H groups in total. The summed E-state index contributed by atoms with van der Waals surface area (Å²) < 4.78 is 7.30. The molecule has 0 aliphatic heterocycles. The summed E-state index contributed by atoms with van der Waals surface area (Å²) in [4.78, 5) is 0. The molecule has 0 atom stereocenters. The van der Waals surface area contributed by atoms with Gasteiger partial charge < -0.3 is 9.84 Å². The molecule has 96 valence electrons. The lowest BCUT2D eigenvalue weighted by atomic mass is 10.3. The molecule has 0 spiro atoms. The Labute approximate surface area is 114 Å². The Bertz CT molecular complexity index is 709. The van der Waals surface area contributed by atoms with Gasteiger partial charge in [0.2, 0.25) is 0 Å². The van der Waals surface area contributed by atoms with E-state index in [-0.39, 0.29) is 12.4 Å². The zero-order chi connectivity index (χ0) is 13.2. The van der Waals surface area contributed by atoms with E-state index in [1.165, 1.54) is 0 Å². The summed E-state index contributed by atoms with van der Waals surface area (Å²) in [7, 11) is 0. The maximum Gasteiger partial charge on any atom is 0.176 e. The standard InChI is InChI=1S/C13H10ClN3O2/c14-11-2-1-3-12-15-16-13(17(11)12)8-19-10-6-4-9(18)5-7-10/h1-7,18H,8H2. The molecule has 2 aromatic heterocycles. The number of pyridine rings is 1. The fourth-order valence-corrected chi connectivity index (χ4v) is 2.00. The van der Waals surface area contributed by atoms with Crippen LogP contribution in [0.15, 0.2) is 42.5 Å². The van der Waals surface area contributed by atoms with Crippen LogP contribution < -0.4 is 4.74 Å². The number of hydrogen-bond acceptors (Lipinski definition) is 4. The molecule has 0 bridgehead atoms. The number of fused-ring (bicyclic) bond motifs is 1. The summed E-state index contributed by atoms with van der Waals surface area (Å²) in [5, 5.41) is 17.8. The van der Waals surface area contributed by atoms with Crippen LogP contribution in [0.1, 0.15) is 5.82 Å². The first-order valence-electron chi connectivity index (χ1n) is 5.64. The average molecular weight is 276 g/mol. The number of nitrogens with zero attached hydrogens (tertiary/aromatic N) is 3. The summed E-state index contributed by atoms with van der Waals surface area (Å²) in [6, 6.07) is 11.9. The Kier molecular flexibility index (Phi) is 2.97. The van der Waals surface area contributed by atoms with Crippen molar-refractivity contribution in [2.45, 2.75) is 6.61 Å². The highest BCUT2D eigenvalue weighted by atomic mass is 35.5. The molecule has 0 radical (unpaired) electrons. The third-order valence-corrected chi connectivity index (χ3v) is 2.95. The van der Waals surface area contributed by atoms with Crippen LogP contribution in [0.5, 0.6) is 11.5 Å². The third kappa shape index (κ3) is 2.32. The smallest absolute Gasteiger partial charge is 0.176 e. The maximum absolute atomic E-state index is 9.19. The van der Waals surface area contributed by atoms with E-state index in [9.17, 15) is 5.11 Å². The fraction of sp³-hybridized carbons (Fsp3) is 0.0769. The first kappa shape index (κ1) is 11.8. The summed E-state index contributed by atoms with van der Waals surface area (Å²) in [6.45, 7) is 0.246. The number of aromatic hydroxyl groups is 1. The zero-order valence-electron chi connectivity index (χ0n) is 9.82. The van der Waals surface area contributed by atoms with Crippen molar-refractivity contribution in [3.05, 3.63) is 53.4 Å². The highest BCUT2D eigenvalue weighted by Gasteiger charge is 2.08. The Hall–Kier alpha value is -2.27. The van der Waals surface area contributed by atoms with E-state index < -0.39 is 0 Å². The number of phenolic OH excluding ortho intramolecular Hbond substituents is 1. The van der Waals surface area contributed by atoms with Crippen molar-refractivity contribution in [2.24, 2.45) is 0 Å². The van der Waals surface area contributed by atoms with E-state index in [0.717, 1.165) is 0 Å². The van der Waals surface area contributed by atoms with Gasteiger partial charge in [0.15, 0.2) is 11.5 Å². The average Bonchev–Trinajstić information content (AvgIpc) is 2.83. The molecule has 5 nitrogen and oxygen atoms in total. The minimum atomic E-state index is 0.198. The minimum Gasteiger partial charge on any atom is -0.508 e. The molecule has 2 heterocycles. The van der Waals surface area contributed by atoms with Crippen LogP contribution in [0.2, 0.25) is 5.15 Å². The van der Waals surface area contributed by atoms with Gasteiger partial charge in [0.25, 0.3) is 0 Å². The van der Waals surface area contributed by atoms with Crippen molar-refractivity contribution in [1.82, 2.24) is 14.6 Å². The molecule has 19 heavy (non-hydrogen) atoms. The van der Waals surface area contributed by atoms with Crippen LogP contribution in [0.3, 0.4) is 0 Å². The van der Waals surface area contributed by atoms with Crippen LogP contribution in [0.4, 0.5) is 0 Å². The van der Waals surface area contributed by atoms with E-state index in [4.69, 9.17) is 16.3 Å². The molecule has 0 amide bonds. The number of hydrogen-bond donors (Lipinski definition) is 1. The highest BCUT2D eigenvalue weighted by Crippen LogP contribution is 2.18. The Morgan fingerprint density at radius 2 is 1.89 bits per heavy atom. The molecule has 0 aliphatic carbocycles. The molecule has 0 fully saturated rings. The van der Waals surface area contributed by atoms with Crippen LogP contribution in [-0.4, -0.2) is 19.7 Å². The number of halogens is 1. The van der Waals surface area contributed by atoms with Crippen LogP contribution in [0, 0.1) is 0 Å². The van der Waals surface area contributed by atoms with Crippen molar-refractivity contribution in [3.63, 3.8) is 0 Å². The molecule has 3 aromatic rings. The second kappa shape index (κ2) is 4.78. The quantitative estimate of drug-likeness (QED) is 0.747. The minimum absolute atomic E-state index is 0.198. The lowest BCUT2D eigenvalue weighted by Gasteiger charge is -2.05. The first-order valence-corrected chi connectivity index (χ1v) is 6.02. The Morgan fingerprint density at radius 3 is 2.68 bits per heavy atom. The fourth-order valence-electron chi connectivity index (χ4n) is 1.74. The Balaban J connectivity index is 1.84. The second-order valence-electron chi connectivity index (χ2n) is 3.94. The monoisotopic (exact) mass is 275 g/mol. The summed E-state index contributed by atoms with van der Waals surface area (Å²) >= 11 is 6.10. The molecular formula is C13H10ClN3O2. The molecule has 3 rings (SSSR count). The van der Waals surface area contributed by atoms with Gasteiger partial charge in [0.1, 0.15) is 23.3 Å². The topological polar surface area (TPSA) is 59.7 Å². The van der Waals surface area contributed by atoms with E-state index in [2.05, 4.69) is 10.2 Å². The number of benzene rings is 1. The van der Waals surface area contributed by atoms with Gasteiger partial charge in [-0.2, -0.15) is 0 Å². The Morgan fingerprint density at radius 1 is 1.11 bits per heavy atom. The lowest BCUT2D eigenvalue weighted by Crippen LogP contribution is -2.01. The molecule has 0 saturated carbocycles. The van der Waals surface area contributed by atoms with Gasteiger partial charge in [-0.05, 0) is 36.4 Å². The predicted molar refractivity (Wildman–Crippen MR) is 70.4 cm³/mol. The molecule has 0 aliphatic rings. The SMILES string of the molecule is Oc1ccc(OCc2nnc3cccc(Cl)n23)cc1. The van der Waals surface area contributed by atoms with E-state index in [1.54, 1.807) is 34.7 Å². The number of rotatable bonds is 3. The van der Waals surface area contributed by atoms with Gasteiger partial charge in [0.05, 0.1) is 0 Å². The van der Waals surface area contributed by atoms with Crippen LogP contribution in [0.25, 0.3) is 5.65 Å². The van der Waals surface area contributed by atoms with Gasteiger partial charge in [-0.25, -0.2) is 0 Å². The largest absolute Gasteiger partial charge is 0.508 e. The number of phenols is 1. The number of ether oxygens (including phenoxy) is 1. The maximum atomic E-state index is 9.19. The van der Waals surface area contributed by atoms with Crippen molar-refractivity contribution in [2.75, 3.05) is 0 Å². The van der Waals surface area contributed by atoms with Gasteiger partial charge in [0, 0.05) is 0 Å². The van der Waals surface area contributed by atoms with Crippen molar-refractivity contribution in [1.29, 1.82) is 0 Å². The molecule has 0 saturated heterocycles. The third-order valence-electron chi connectivity index (χ3n) is 2.65. The van der Waals surface area contributed by atoms with Gasteiger partial charge in [-0.15, -0.1) is 10.2 Å². The van der Waals surface area contributed by atoms with Crippen molar-refractivity contribution in [3.8, 4) is 11.5 Å². The summed E-state index contributed by atoms with van der Waals surface area (Å²) in [6.07, 6.45) is 0. The van der Waals surface area contributed by atoms with Crippen LogP contribution >= 0.6 is 11.6 Å². The van der Waals surface area contributed by atoms with E-state index in [0.29, 0.717) is 22.4 Å². The summed E-state index contributed by atoms with van der Waals surface area (Å²) in [5.41, 5.74) is 0.678. The second-order valence-corrected chi connectivity index (χ2v) is 4.33. The van der Waals surface area contributed by atoms with Crippen molar-refractivity contribution >= 4 is 17.2 Å². The summed E-state index contributed by atoms with van der Waals surface area (Å²) in [5.74, 6) is 1.46. The first-order chi connectivity index (χ1) is 9.24.